The summed E-state index contributed by atoms with van der Waals surface area (Å²) in [6.07, 6.45) is 5.48. The first-order chi connectivity index (χ1) is 13.3. The molecule has 0 aliphatic carbocycles. The molecular formula is C22H25N3O2. The molecule has 0 unspecified atom stereocenters. The molecule has 27 heavy (non-hydrogen) atoms. The number of ether oxygens (including phenoxy) is 1. The largest absolute Gasteiger partial charge is 0.494 e. The van der Waals surface area contributed by atoms with E-state index in [0.717, 1.165) is 42.3 Å². The van der Waals surface area contributed by atoms with Gasteiger partial charge in [-0.05, 0) is 62.7 Å². The summed E-state index contributed by atoms with van der Waals surface area (Å²) >= 11 is 0. The summed E-state index contributed by atoms with van der Waals surface area (Å²) in [6.45, 7) is 4.33. The molecule has 2 aliphatic rings. The molecule has 0 spiro atoms. The fraction of sp³-hybridized carbons (Fsp3) is 0.318. The molecule has 0 aromatic heterocycles. The molecule has 2 heterocycles. The predicted octanol–water partition coefficient (Wildman–Crippen LogP) is 3.96. The number of anilines is 2. The van der Waals surface area contributed by atoms with Crippen molar-refractivity contribution in [1.29, 1.82) is 0 Å². The van der Waals surface area contributed by atoms with E-state index in [0.29, 0.717) is 5.57 Å². The zero-order valence-corrected chi connectivity index (χ0v) is 15.4. The molecule has 1 amide bonds. The maximum Gasteiger partial charge on any atom is 0.257 e. The van der Waals surface area contributed by atoms with Crippen LogP contribution in [0.4, 0.5) is 11.4 Å². The van der Waals surface area contributed by atoms with Gasteiger partial charge >= 0.3 is 0 Å². The van der Waals surface area contributed by atoms with Crippen LogP contribution in [0.15, 0.2) is 54.7 Å². The minimum absolute atomic E-state index is 0.0818. The Bertz CT molecular complexity index is 824. The molecule has 1 saturated heterocycles. The second-order valence-corrected chi connectivity index (χ2v) is 6.98. The normalized spacial score (nSPS) is 17.8. The Labute approximate surface area is 160 Å². The first kappa shape index (κ1) is 17.6. The quantitative estimate of drug-likeness (QED) is 0.578. The fourth-order valence-electron chi connectivity index (χ4n) is 3.57. The van der Waals surface area contributed by atoms with Gasteiger partial charge in [-0.3, -0.25) is 4.79 Å². The molecule has 2 aromatic carbocycles. The van der Waals surface area contributed by atoms with Crippen LogP contribution in [0, 0.1) is 0 Å². The molecule has 0 saturated carbocycles. The number of carbonyl (C=O) groups excluding carboxylic acids is 1. The smallest absolute Gasteiger partial charge is 0.257 e. The van der Waals surface area contributed by atoms with Crippen molar-refractivity contribution in [2.24, 2.45) is 0 Å². The number of carbonyl (C=O) groups is 1. The molecule has 5 nitrogen and oxygen atoms in total. The van der Waals surface area contributed by atoms with E-state index < -0.39 is 0 Å². The third kappa shape index (κ3) is 4.31. The van der Waals surface area contributed by atoms with Crippen LogP contribution in [0.3, 0.4) is 0 Å². The van der Waals surface area contributed by atoms with Crippen LogP contribution in [0.1, 0.15) is 24.8 Å². The maximum atomic E-state index is 12.1. The number of benzene rings is 2. The van der Waals surface area contributed by atoms with Crippen molar-refractivity contribution in [2.45, 2.75) is 19.3 Å². The van der Waals surface area contributed by atoms with Crippen LogP contribution in [-0.4, -0.2) is 37.0 Å². The number of para-hydroxylation sites is 1. The highest BCUT2D eigenvalue weighted by atomic mass is 16.5. The lowest BCUT2D eigenvalue weighted by molar-refractivity contribution is -0.110. The summed E-state index contributed by atoms with van der Waals surface area (Å²) in [7, 11) is 0. The van der Waals surface area contributed by atoms with Crippen LogP contribution in [0.25, 0.3) is 5.57 Å². The Balaban J connectivity index is 1.28. The molecule has 0 radical (unpaired) electrons. The first-order valence-electron chi connectivity index (χ1n) is 9.62. The minimum atomic E-state index is -0.0818. The summed E-state index contributed by atoms with van der Waals surface area (Å²) in [5, 5.41) is 6.08. The van der Waals surface area contributed by atoms with Crippen molar-refractivity contribution in [3.8, 4) is 5.75 Å². The van der Waals surface area contributed by atoms with E-state index in [1.165, 1.54) is 25.9 Å². The Morgan fingerprint density at radius 3 is 2.67 bits per heavy atom. The van der Waals surface area contributed by atoms with E-state index >= 15 is 0 Å². The molecular weight excluding hydrogens is 338 g/mol. The van der Waals surface area contributed by atoms with E-state index in [2.05, 4.69) is 15.5 Å². The summed E-state index contributed by atoms with van der Waals surface area (Å²) in [5.41, 5.74) is 3.35. The number of nitrogens with one attached hydrogen (secondary N) is 2. The lowest BCUT2D eigenvalue weighted by atomic mass is 10.1. The van der Waals surface area contributed by atoms with E-state index in [1.54, 1.807) is 6.20 Å². The molecule has 2 aromatic rings. The molecule has 5 heteroatoms. The number of nitrogens with zero attached hydrogens (tertiary/aromatic N) is 1. The summed E-state index contributed by atoms with van der Waals surface area (Å²) in [4.78, 5) is 14.6. The summed E-state index contributed by atoms with van der Waals surface area (Å²) in [6, 6.07) is 15.5. The van der Waals surface area contributed by atoms with Crippen molar-refractivity contribution in [1.82, 2.24) is 4.90 Å². The van der Waals surface area contributed by atoms with Gasteiger partial charge in [0.05, 0.1) is 12.2 Å². The Hall–Kier alpha value is -2.79. The van der Waals surface area contributed by atoms with Crippen molar-refractivity contribution in [2.75, 3.05) is 36.9 Å². The van der Waals surface area contributed by atoms with Gasteiger partial charge in [-0.1, -0.05) is 18.2 Å². The van der Waals surface area contributed by atoms with E-state index in [4.69, 9.17) is 4.74 Å². The van der Waals surface area contributed by atoms with Gasteiger partial charge in [0.15, 0.2) is 0 Å². The van der Waals surface area contributed by atoms with Gasteiger partial charge in [-0.2, -0.15) is 0 Å². The number of rotatable bonds is 7. The predicted molar refractivity (Wildman–Crippen MR) is 109 cm³/mol. The zero-order valence-electron chi connectivity index (χ0n) is 15.4. The number of hydrogen-bond acceptors (Lipinski definition) is 4. The highest BCUT2D eigenvalue weighted by molar-refractivity contribution is 6.31. The summed E-state index contributed by atoms with van der Waals surface area (Å²) < 4.78 is 5.83. The summed E-state index contributed by atoms with van der Waals surface area (Å²) in [5.74, 6) is 0.792. The van der Waals surface area contributed by atoms with Crippen LogP contribution in [0.2, 0.25) is 0 Å². The van der Waals surface area contributed by atoms with Crippen molar-refractivity contribution in [3.63, 3.8) is 0 Å². The van der Waals surface area contributed by atoms with Gasteiger partial charge in [-0.15, -0.1) is 0 Å². The average Bonchev–Trinajstić information content (AvgIpc) is 3.32. The Morgan fingerprint density at radius 2 is 1.85 bits per heavy atom. The van der Waals surface area contributed by atoms with E-state index in [1.807, 2.05) is 48.5 Å². The van der Waals surface area contributed by atoms with Crippen molar-refractivity contribution < 1.29 is 9.53 Å². The maximum absolute atomic E-state index is 12.1. The lowest BCUT2D eigenvalue weighted by Gasteiger charge is -2.14. The van der Waals surface area contributed by atoms with Gasteiger partial charge in [0.2, 0.25) is 0 Å². The van der Waals surface area contributed by atoms with Crippen LogP contribution < -0.4 is 15.4 Å². The Morgan fingerprint density at radius 1 is 1.07 bits per heavy atom. The van der Waals surface area contributed by atoms with Gasteiger partial charge in [0, 0.05) is 29.7 Å². The van der Waals surface area contributed by atoms with Gasteiger partial charge in [-0.25, -0.2) is 0 Å². The van der Waals surface area contributed by atoms with Crippen molar-refractivity contribution >= 4 is 22.9 Å². The van der Waals surface area contributed by atoms with E-state index in [-0.39, 0.29) is 5.91 Å². The fourth-order valence-corrected chi connectivity index (χ4v) is 3.57. The molecule has 140 valence electrons. The van der Waals surface area contributed by atoms with Gasteiger partial charge in [0.25, 0.3) is 5.91 Å². The SMILES string of the molecule is O=C1Nc2ccccc2C1=CNc1ccc(OCCCN2CCCC2)cc1. The molecule has 0 bridgehead atoms. The van der Waals surface area contributed by atoms with Crippen LogP contribution >= 0.6 is 0 Å². The lowest BCUT2D eigenvalue weighted by Crippen LogP contribution is -2.21. The monoisotopic (exact) mass is 363 g/mol. The zero-order chi connectivity index (χ0) is 18.5. The minimum Gasteiger partial charge on any atom is -0.494 e. The van der Waals surface area contributed by atoms with Crippen molar-refractivity contribution in [3.05, 3.63) is 60.3 Å². The highest BCUT2D eigenvalue weighted by Gasteiger charge is 2.23. The standard InChI is InChI=1S/C22H25N3O2/c26-22-20(19-6-1-2-7-21(19)24-22)16-23-17-8-10-18(11-9-17)27-15-5-14-25-12-3-4-13-25/h1-2,6-11,16,23H,3-5,12-15H2,(H,24,26). The second kappa shape index (κ2) is 8.27. The topological polar surface area (TPSA) is 53.6 Å². The van der Waals surface area contributed by atoms with E-state index in [9.17, 15) is 4.79 Å². The number of likely N-dealkylation sites (tertiary alicyclic amines) is 1. The highest BCUT2D eigenvalue weighted by Crippen LogP contribution is 2.31. The second-order valence-electron chi connectivity index (χ2n) is 6.98. The van der Waals surface area contributed by atoms with Gasteiger partial charge < -0.3 is 20.3 Å². The van der Waals surface area contributed by atoms with Gasteiger partial charge in [0.1, 0.15) is 5.75 Å². The molecule has 0 atom stereocenters. The first-order valence-corrected chi connectivity index (χ1v) is 9.62. The molecule has 2 aliphatic heterocycles. The average molecular weight is 363 g/mol. The third-order valence-corrected chi connectivity index (χ3v) is 5.03. The molecule has 1 fully saturated rings. The number of hydrogen-bond donors (Lipinski definition) is 2. The molecule has 2 N–H and O–H groups in total. The third-order valence-electron chi connectivity index (χ3n) is 5.03. The van der Waals surface area contributed by atoms with Crippen LogP contribution in [-0.2, 0) is 4.79 Å². The number of fused-ring (bicyclic) bond motifs is 1. The Kier molecular flexibility index (Phi) is 5.39. The number of amides is 1. The van der Waals surface area contributed by atoms with Crippen LogP contribution in [0.5, 0.6) is 5.75 Å². The molecule has 4 rings (SSSR count).